The number of esters is 1. The van der Waals surface area contributed by atoms with Crippen molar-refractivity contribution in [3.05, 3.63) is 89.1 Å². The second kappa shape index (κ2) is 20.1. The summed E-state index contributed by atoms with van der Waals surface area (Å²) in [4.78, 5) is 68.8. The lowest BCUT2D eigenvalue weighted by molar-refractivity contribution is -0.140. The van der Waals surface area contributed by atoms with E-state index in [4.69, 9.17) is 18.7 Å². The minimum atomic E-state index is -1.20. The monoisotopic (exact) mass is 763 g/mol. The summed E-state index contributed by atoms with van der Waals surface area (Å²) in [6, 6.07) is 9.23. The summed E-state index contributed by atoms with van der Waals surface area (Å²) in [6.07, 6.45) is 4.04. The maximum absolute atomic E-state index is 14.1. The number of nitrogens with zero attached hydrogens (tertiary/aromatic N) is 2. The molecule has 3 N–H and O–H groups in total. The Morgan fingerprint density at radius 3 is 2.40 bits per heavy atom. The van der Waals surface area contributed by atoms with Crippen molar-refractivity contribution >= 4 is 29.6 Å². The van der Waals surface area contributed by atoms with Gasteiger partial charge in [0.15, 0.2) is 5.69 Å². The van der Waals surface area contributed by atoms with Gasteiger partial charge in [0.2, 0.25) is 17.7 Å². The van der Waals surface area contributed by atoms with E-state index in [2.05, 4.69) is 21.1 Å². The number of rotatable bonds is 18. The highest BCUT2D eigenvalue weighted by molar-refractivity contribution is 5.97. The third kappa shape index (κ3) is 12.1. The Kier molecular flexibility index (Phi) is 15.3. The lowest BCUT2D eigenvalue weighted by Gasteiger charge is -2.34. The van der Waals surface area contributed by atoms with E-state index in [0.29, 0.717) is 48.8 Å². The second-order valence-electron chi connectivity index (χ2n) is 13.6. The number of halogens is 1. The number of methoxy groups -OCH3 is 2. The molecular formula is C40H50FN5O9. The minimum absolute atomic E-state index is 0.00764. The van der Waals surface area contributed by atoms with Crippen LogP contribution in [0.4, 0.5) is 4.39 Å². The van der Waals surface area contributed by atoms with Crippen LogP contribution in [0.15, 0.2) is 65.2 Å². The lowest BCUT2D eigenvalue weighted by atomic mass is 9.89. The van der Waals surface area contributed by atoms with Crippen LogP contribution in [0.25, 0.3) is 0 Å². The van der Waals surface area contributed by atoms with E-state index >= 15 is 0 Å². The number of aryl methyl sites for hydroxylation is 1. The van der Waals surface area contributed by atoms with Gasteiger partial charge in [-0.1, -0.05) is 37.2 Å². The molecule has 2 aromatic carbocycles. The highest BCUT2D eigenvalue weighted by Gasteiger charge is 2.34. The molecule has 0 aliphatic carbocycles. The number of hydrogen-bond acceptors (Lipinski definition) is 10. The Morgan fingerprint density at radius 2 is 1.76 bits per heavy atom. The first kappa shape index (κ1) is 42.0. The first-order valence-electron chi connectivity index (χ1n) is 18.3. The van der Waals surface area contributed by atoms with Crippen molar-refractivity contribution in [2.75, 3.05) is 27.4 Å². The number of likely N-dealkylation sites (tertiary alicyclic amines) is 1. The van der Waals surface area contributed by atoms with Gasteiger partial charge in [-0.3, -0.25) is 19.2 Å². The van der Waals surface area contributed by atoms with E-state index in [1.165, 1.54) is 42.5 Å². The van der Waals surface area contributed by atoms with Gasteiger partial charge in [0.25, 0.3) is 5.91 Å². The summed E-state index contributed by atoms with van der Waals surface area (Å²) in [5.74, 6) is -2.41. The fourth-order valence-corrected chi connectivity index (χ4v) is 6.30. The van der Waals surface area contributed by atoms with Crippen LogP contribution >= 0.6 is 0 Å². The van der Waals surface area contributed by atoms with Crippen molar-refractivity contribution in [2.45, 2.75) is 78.0 Å². The predicted octanol–water partition coefficient (Wildman–Crippen LogP) is 4.05. The van der Waals surface area contributed by atoms with E-state index < -0.39 is 59.5 Å². The van der Waals surface area contributed by atoms with E-state index in [1.54, 1.807) is 58.9 Å². The molecule has 4 atom stereocenters. The van der Waals surface area contributed by atoms with Crippen LogP contribution in [0.1, 0.15) is 67.4 Å². The van der Waals surface area contributed by atoms with Crippen molar-refractivity contribution in [2.24, 2.45) is 11.8 Å². The molecular weight excluding hydrogens is 713 g/mol. The summed E-state index contributed by atoms with van der Waals surface area (Å²) in [7, 11) is 3.11. The molecule has 4 rings (SSSR count). The molecule has 1 aliphatic rings. The Hall–Kier alpha value is -5.73. The molecule has 0 saturated carbocycles. The van der Waals surface area contributed by atoms with Crippen LogP contribution in [-0.4, -0.2) is 85.2 Å². The van der Waals surface area contributed by atoms with Crippen molar-refractivity contribution in [3.8, 4) is 11.5 Å². The van der Waals surface area contributed by atoms with Crippen molar-refractivity contribution in [1.82, 2.24) is 26.0 Å². The molecule has 0 radical (unpaired) electrons. The molecule has 15 heteroatoms. The molecule has 0 unspecified atom stereocenters. The molecule has 0 bridgehead atoms. The average Bonchev–Trinajstić information content (AvgIpc) is 3.61. The average molecular weight is 764 g/mol. The molecule has 1 aromatic heterocycles. The molecule has 4 amide bonds. The van der Waals surface area contributed by atoms with Crippen LogP contribution in [-0.2, 0) is 36.9 Å². The Morgan fingerprint density at radius 1 is 1.02 bits per heavy atom. The molecule has 1 aliphatic heterocycles. The zero-order chi connectivity index (χ0) is 40.1. The number of aromatic nitrogens is 1. The van der Waals surface area contributed by atoms with Gasteiger partial charge in [-0.2, -0.15) is 0 Å². The largest absolute Gasteiger partial charge is 0.497 e. The highest BCUT2D eigenvalue weighted by Crippen LogP contribution is 2.29. The molecule has 1 saturated heterocycles. The van der Waals surface area contributed by atoms with Crippen molar-refractivity contribution < 1.29 is 47.1 Å². The molecule has 2 heterocycles. The summed E-state index contributed by atoms with van der Waals surface area (Å²) >= 11 is 0. The molecule has 3 aromatic rings. The molecule has 55 heavy (non-hydrogen) atoms. The third-order valence-electron chi connectivity index (χ3n) is 9.20. The van der Waals surface area contributed by atoms with Crippen molar-refractivity contribution in [3.63, 3.8) is 0 Å². The quantitative estimate of drug-likeness (QED) is 0.127. The highest BCUT2D eigenvalue weighted by atomic mass is 19.1. The van der Waals surface area contributed by atoms with Gasteiger partial charge in [0.05, 0.1) is 20.8 Å². The molecule has 0 spiro atoms. The van der Waals surface area contributed by atoms with Crippen LogP contribution in [0, 0.1) is 24.6 Å². The Bertz CT molecular complexity index is 1830. The standard InChI is InChI=1S/C40H50FN5O9/c1-7-54-35(47)17-15-30(21-27-9-8-18-46(40(27)51)23-28-12-16-31(52-5)22-34(28)53-6)42-37(48)32(20-26-10-13-29(41)14-11-26)43-39(50)36(24(2)3)44-38(49)33-19-25(4)55-45-33/h10-17,19,22,24,27,30,32,36H,7-9,18,20-21,23H2,1-6H3,(H,42,48)(H,43,50)(H,44,49)/b17-15+/t27-,30+,32-,36-/m0/s1. The van der Waals surface area contributed by atoms with Crippen molar-refractivity contribution in [1.29, 1.82) is 0 Å². The predicted molar refractivity (Wildman–Crippen MR) is 199 cm³/mol. The lowest BCUT2D eigenvalue weighted by Crippen LogP contribution is -2.57. The first-order chi connectivity index (χ1) is 26.3. The number of carbonyl (C=O) groups is 5. The molecule has 1 fully saturated rings. The van der Waals surface area contributed by atoms with E-state index in [1.807, 2.05) is 6.07 Å². The maximum Gasteiger partial charge on any atom is 0.330 e. The summed E-state index contributed by atoms with van der Waals surface area (Å²) in [5, 5.41) is 12.1. The SMILES string of the molecule is CCOC(=O)/C=C/[C@H](C[C@@H]1CCCN(Cc2ccc(OC)cc2OC)C1=O)NC(=O)[C@H](Cc1ccc(F)cc1)NC(=O)[C@@H](NC(=O)c1cc(C)on1)C(C)C. The third-order valence-corrected chi connectivity index (χ3v) is 9.20. The Labute approximate surface area is 320 Å². The van der Waals surface area contributed by atoms with E-state index in [9.17, 15) is 28.4 Å². The van der Waals surface area contributed by atoms with E-state index in [-0.39, 0.29) is 31.0 Å². The van der Waals surface area contributed by atoms with Gasteiger partial charge in [0, 0.05) is 55.2 Å². The molecule has 296 valence electrons. The normalized spacial score (nSPS) is 16.0. The minimum Gasteiger partial charge on any atom is -0.497 e. The molecule has 14 nitrogen and oxygen atoms in total. The number of nitrogens with one attached hydrogen (secondary N) is 3. The van der Waals surface area contributed by atoms with Gasteiger partial charge < -0.3 is 39.6 Å². The number of ether oxygens (including phenoxy) is 3. The number of hydrogen-bond donors (Lipinski definition) is 3. The van der Waals surface area contributed by atoms with Crippen LogP contribution in [0.3, 0.4) is 0 Å². The number of amides is 4. The summed E-state index contributed by atoms with van der Waals surface area (Å²) < 4.78 is 34.7. The summed E-state index contributed by atoms with van der Waals surface area (Å²) in [6.45, 7) is 7.73. The Balaban J connectivity index is 1.56. The van der Waals surface area contributed by atoms with Gasteiger partial charge in [-0.05, 0) is 68.9 Å². The number of carbonyl (C=O) groups excluding carboxylic acids is 5. The van der Waals surface area contributed by atoms with Gasteiger partial charge in [-0.25, -0.2) is 9.18 Å². The first-order valence-corrected chi connectivity index (χ1v) is 18.3. The van der Waals surface area contributed by atoms with E-state index in [0.717, 1.165) is 5.56 Å². The number of benzene rings is 2. The fraction of sp³-hybridized carbons (Fsp3) is 0.450. The maximum atomic E-state index is 14.1. The topological polar surface area (TPSA) is 178 Å². The van der Waals surface area contributed by atoms with Crippen LogP contribution < -0.4 is 25.4 Å². The number of piperidine rings is 1. The van der Waals surface area contributed by atoms with Crippen LogP contribution in [0.2, 0.25) is 0 Å². The smallest absolute Gasteiger partial charge is 0.330 e. The van der Waals surface area contributed by atoms with Crippen LogP contribution in [0.5, 0.6) is 11.5 Å². The van der Waals surface area contributed by atoms with Gasteiger partial charge in [-0.15, -0.1) is 0 Å². The van der Waals surface area contributed by atoms with Gasteiger partial charge >= 0.3 is 5.97 Å². The second-order valence-corrected chi connectivity index (χ2v) is 13.6. The van der Waals surface area contributed by atoms with Gasteiger partial charge in [0.1, 0.15) is 35.2 Å². The zero-order valence-electron chi connectivity index (χ0n) is 32.1. The fourth-order valence-electron chi connectivity index (χ4n) is 6.30. The summed E-state index contributed by atoms with van der Waals surface area (Å²) in [5.41, 5.74) is 1.35. The zero-order valence-corrected chi connectivity index (χ0v) is 32.1.